The maximum Gasteiger partial charge on any atom is 0.176 e. The van der Waals surface area contributed by atoms with Crippen LogP contribution in [0.5, 0.6) is 0 Å². The van der Waals surface area contributed by atoms with E-state index < -0.39 is 0 Å². The number of nitrogens with zero attached hydrogens (tertiary/aromatic N) is 1. The molecule has 0 amide bonds. The smallest absolute Gasteiger partial charge is 0.176 e. The van der Waals surface area contributed by atoms with Crippen LogP contribution in [0.2, 0.25) is 0 Å². The van der Waals surface area contributed by atoms with Gasteiger partial charge >= 0.3 is 0 Å². The van der Waals surface area contributed by atoms with Crippen molar-refractivity contribution in [2.24, 2.45) is 0 Å². The van der Waals surface area contributed by atoms with E-state index in [4.69, 9.17) is 0 Å². The highest BCUT2D eigenvalue weighted by Crippen LogP contribution is 1.95. The molecule has 2 nitrogen and oxygen atoms in total. The van der Waals surface area contributed by atoms with Crippen molar-refractivity contribution in [1.29, 1.82) is 0 Å². The molecule has 1 aromatic rings. The van der Waals surface area contributed by atoms with E-state index in [0.717, 1.165) is 6.54 Å². The summed E-state index contributed by atoms with van der Waals surface area (Å²) in [5.41, 5.74) is 1.19. The fourth-order valence-corrected chi connectivity index (χ4v) is 1.14. The van der Waals surface area contributed by atoms with E-state index in [1.807, 2.05) is 6.08 Å². The number of aromatic nitrogens is 1. The second kappa shape index (κ2) is 8.91. The third-order valence-electron chi connectivity index (χ3n) is 1.89. The molecule has 0 fully saturated rings. The van der Waals surface area contributed by atoms with Crippen molar-refractivity contribution in [1.82, 2.24) is 0 Å². The summed E-state index contributed by atoms with van der Waals surface area (Å²) < 4.78 is 2.21. The Hall–Kier alpha value is -0.670. The van der Waals surface area contributed by atoms with Crippen LogP contribution >= 0.6 is 0 Å². The summed E-state index contributed by atoms with van der Waals surface area (Å²) in [4.78, 5) is 0. The van der Waals surface area contributed by atoms with Crippen molar-refractivity contribution in [3.8, 4) is 0 Å². The highest BCUT2D eigenvalue weighted by atomic mass is 79.9. The van der Waals surface area contributed by atoms with Gasteiger partial charge in [0.25, 0.3) is 0 Å². The van der Waals surface area contributed by atoms with Crippen LogP contribution in [0.3, 0.4) is 0 Å². The highest BCUT2D eigenvalue weighted by molar-refractivity contribution is 5.43. The third kappa shape index (κ3) is 5.14. The number of pyridine rings is 1. The van der Waals surface area contributed by atoms with Gasteiger partial charge in [0.15, 0.2) is 12.4 Å². The molecule has 80 valence electrons. The summed E-state index contributed by atoms with van der Waals surface area (Å²) in [7, 11) is 0. The fourth-order valence-electron chi connectivity index (χ4n) is 1.14. The Morgan fingerprint density at radius 2 is 2.21 bits per heavy atom. The molecule has 0 aliphatic heterocycles. The Bertz CT molecular complexity index is 263. The molecule has 1 heterocycles. The molecule has 1 aromatic heterocycles. The van der Waals surface area contributed by atoms with Crippen LogP contribution in [0.25, 0.3) is 6.08 Å². The lowest BCUT2D eigenvalue weighted by molar-refractivity contribution is -0.697. The van der Waals surface area contributed by atoms with Crippen molar-refractivity contribution in [2.45, 2.75) is 26.3 Å². The average Bonchev–Trinajstić information content (AvgIpc) is 2.15. The molecule has 0 spiro atoms. The summed E-state index contributed by atoms with van der Waals surface area (Å²) in [5.74, 6) is 0. The summed E-state index contributed by atoms with van der Waals surface area (Å²) in [6.07, 6.45) is 8.59. The number of aryl methyl sites for hydroxylation is 1. The molecule has 0 aromatic carbocycles. The topological polar surface area (TPSA) is 35.4 Å². The molecule has 0 atom stereocenters. The van der Waals surface area contributed by atoms with E-state index >= 15 is 0 Å². The lowest BCUT2D eigenvalue weighted by Crippen LogP contribution is -3.00. The van der Waals surface area contributed by atoms with Gasteiger partial charge in [0.05, 0.1) is 0 Å². The van der Waals surface area contributed by atoms with E-state index in [1.165, 1.54) is 18.4 Å². The monoisotopic (exact) mass is 259 g/mol. The molecule has 0 aliphatic carbocycles. The average molecular weight is 260 g/mol. The molecule has 2 N–H and O–H groups in total. The first-order valence-electron chi connectivity index (χ1n) is 4.48. The van der Waals surface area contributed by atoms with Crippen LogP contribution in [0, 0.1) is 0 Å². The minimum absolute atomic E-state index is 0. The lowest BCUT2D eigenvalue weighted by atomic mass is 10.2. The Morgan fingerprint density at radius 3 is 2.79 bits per heavy atom. The first-order chi connectivity index (χ1) is 5.86. The van der Waals surface area contributed by atoms with Gasteiger partial charge in [-0.1, -0.05) is 26.0 Å². The molecule has 1 rings (SSSR count). The van der Waals surface area contributed by atoms with Gasteiger partial charge in [-0.05, 0) is 6.07 Å². The van der Waals surface area contributed by atoms with Gasteiger partial charge < -0.3 is 22.5 Å². The van der Waals surface area contributed by atoms with E-state index in [-0.39, 0.29) is 22.5 Å². The quantitative estimate of drug-likeness (QED) is 0.597. The van der Waals surface area contributed by atoms with Crippen LogP contribution in [-0.2, 0) is 6.54 Å². The normalized spacial score (nSPS) is 8.36. The van der Waals surface area contributed by atoms with Crippen molar-refractivity contribution in [2.75, 3.05) is 0 Å². The molecular formula is C11H18BrNO. The van der Waals surface area contributed by atoms with E-state index in [1.54, 1.807) is 0 Å². The summed E-state index contributed by atoms with van der Waals surface area (Å²) in [6.45, 7) is 7.05. The number of halogens is 1. The van der Waals surface area contributed by atoms with Gasteiger partial charge in [-0.2, -0.15) is 0 Å². The Labute approximate surface area is 96.4 Å². The second-order valence-corrected chi connectivity index (χ2v) is 2.93. The molecule has 0 bridgehead atoms. The third-order valence-corrected chi connectivity index (χ3v) is 1.89. The predicted octanol–water partition coefficient (Wildman–Crippen LogP) is -1.40. The largest absolute Gasteiger partial charge is 1.00 e. The van der Waals surface area contributed by atoms with Crippen molar-refractivity contribution >= 4 is 6.08 Å². The van der Waals surface area contributed by atoms with Gasteiger partial charge in [-0.15, -0.1) is 0 Å². The van der Waals surface area contributed by atoms with Gasteiger partial charge in [0.1, 0.15) is 6.54 Å². The number of hydrogen-bond donors (Lipinski definition) is 0. The first-order valence-corrected chi connectivity index (χ1v) is 4.48. The van der Waals surface area contributed by atoms with Crippen molar-refractivity contribution < 1.29 is 27.0 Å². The minimum atomic E-state index is 0. The van der Waals surface area contributed by atoms with E-state index in [0.29, 0.717) is 0 Å². The van der Waals surface area contributed by atoms with Gasteiger partial charge in [-0.3, -0.25) is 0 Å². The molecule has 0 unspecified atom stereocenters. The standard InChI is InChI=1S/C11H16N.BrH.H2O/c1-3-5-8-12-9-6-7-11(4-2)10-12;;/h4,6-7,9-10H,2-3,5,8H2,1H3;1H;1H2/q+1;;/p-1. The van der Waals surface area contributed by atoms with Crippen molar-refractivity contribution in [3.63, 3.8) is 0 Å². The van der Waals surface area contributed by atoms with Crippen LogP contribution in [0.4, 0.5) is 0 Å². The molecule has 0 saturated carbocycles. The summed E-state index contributed by atoms with van der Waals surface area (Å²) in [5, 5.41) is 0. The van der Waals surface area contributed by atoms with Crippen LogP contribution < -0.4 is 21.5 Å². The first kappa shape index (κ1) is 15.8. The maximum atomic E-state index is 3.74. The van der Waals surface area contributed by atoms with E-state index in [9.17, 15) is 0 Å². The molecule has 0 aliphatic rings. The van der Waals surface area contributed by atoms with Gasteiger partial charge in [-0.25, -0.2) is 4.57 Å². The van der Waals surface area contributed by atoms with Crippen molar-refractivity contribution in [3.05, 3.63) is 36.7 Å². The van der Waals surface area contributed by atoms with Gasteiger partial charge in [0, 0.05) is 18.1 Å². The number of unbranched alkanes of at least 4 members (excludes halogenated alkanes) is 1. The summed E-state index contributed by atoms with van der Waals surface area (Å²) >= 11 is 0. The predicted molar refractivity (Wildman–Crippen MR) is 55.2 cm³/mol. The van der Waals surface area contributed by atoms with E-state index in [2.05, 4.69) is 42.6 Å². The molecule has 0 saturated heterocycles. The number of rotatable bonds is 4. The molecular weight excluding hydrogens is 242 g/mol. The molecule has 0 radical (unpaired) electrons. The minimum Gasteiger partial charge on any atom is -1.00 e. The molecule has 3 heteroatoms. The zero-order valence-electron chi connectivity index (χ0n) is 8.54. The zero-order valence-corrected chi connectivity index (χ0v) is 10.1. The summed E-state index contributed by atoms with van der Waals surface area (Å²) in [6, 6.07) is 4.13. The maximum absolute atomic E-state index is 3.74. The fraction of sp³-hybridized carbons (Fsp3) is 0.364. The zero-order chi connectivity index (χ0) is 8.81. The Balaban J connectivity index is 0. The second-order valence-electron chi connectivity index (χ2n) is 2.93. The van der Waals surface area contributed by atoms with Crippen LogP contribution in [-0.4, -0.2) is 5.48 Å². The van der Waals surface area contributed by atoms with Gasteiger partial charge in [0.2, 0.25) is 0 Å². The highest BCUT2D eigenvalue weighted by Gasteiger charge is 1.98. The van der Waals surface area contributed by atoms with Crippen LogP contribution in [0.1, 0.15) is 25.3 Å². The molecule has 14 heavy (non-hydrogen) atoms. The lowest BCUT2D eigenvalue weighted by Gasteiger charge is -1.95. The Kier molecular flexibility index (Phi) is 10.0. The van der Waals surface area contributed by atoms with Crippen LogP contribution in [0.15, 0.2) is 31.1 Å². The SMILES string of the molecule is C=Cc1ccc[n+](CCCC)c1.O.[Br-]. The Morgan fingerprint density at radius 1 is 1.50 bits per heavy atom. The number of hydrogen-bond acceptors (Lipinski definition) is 0.